The van der Waals surface area contributed by atoms with Crippen LogP contribution in [0.2, 0.25) is 0 Å². The molecule has 3 aromatic rings. The number of halogens is 3. The van der Waals surface area contributed by atoms with Gasteiger partial charge in [-0.2, -0.15) is 0 Å². The molecule has 0 bridgehead atoms. The lowest BCUT2D eigenvalue weighted by molar-refractivity contribution is 0.411. The van der Waals surface area contributed by atoms with Crippen LogP contribution < -0.4 is 4.74 Å². The number of benzene rings is 3. The molecule has 4 heteroatoms. The number of aryl methyl sites for hydroxylation is 2. The molecule has 0 spiro atoms. The van der Waals surface area contributed by atoms with Gasteiger partial charge >= 0.3 is 0 Å². The lowest BCUT2D eigenvalue weighted by Gasteiger charge is -2.21. The standard InChI is InChI=1S/C29H29F3O/c1-3-19-4-9-22(10-5-19)26-16-14-23(28(31)29(26)32)13-8-20-6-11-21(12-7-20)25-17-15-24(33-2)18-27(25)30/h6-7,9,11-12,14-19H,3-5,8,10,13H2,1-2H3. The summed E-state index contributed by atoms with van der Waals surface area (Å²) in [6, 6.07) is 15.7. The minimum absolute atomic E-state index is 0.349. The molecule has 1 aliphatic carbocycles. The van der Waals surface area contributed by atoms with Crippen LogP contribution in [-0.4, -0.2) is 7.11 Å². The van der Waals surface area contributed by atoms with E-state index in [1.807, 2.05) is 24.3 Å². The fourth-order valence-corrected chi connectivity index (χ4v) is 4.52. The zero-order valence-corrected chi connectivity index (χ0v) is 19.1. The van der Waals surface area contributed by atoms with Crippen molar-refractivity contribution >= 4 is 5.57 Å². The summed E-state index contributed by atoms with van der Waals surface area (Å²) in [5.74, 6) is -0.716. The first kappa shape index (κ1) is 23.2. The van der Waals surface area contributed by atoms with Crippen LogP contribution in [0.3, 0.4) is 0 Å². The summed E-state index contributed by atoms with van der Waals surface area (Å²) in [5, 5.41) is 0. The third-order valence-corrected chi connectivity index (χ3v) is 6.73. The predicted molar refractivity (Wildman–Crippen MR) is 128 cm³/mol. The van der Waals surface area contributed by atoms with Gasteiger partial charge in [-0.25, -0.2) is 13.2 Å². The minimum atomic E-state index is -0.747. The van der Waals surface area contributed by atoms with Gasteiger partial charge in [0.1, 0.15) is 11.6 Å². The minimum Gasteiger partial charge on any atom is -0.497 e. The van der Waals surface area contributed by atoms with Crippen molar-refractivity contribution in [3.05, 3.63) is 94.8 Å². The van der Waals surface area contributed by atoms with Gasteiger partial charge in [-0.1, -0.05) is 55.8 Å². The zero-order valence-electron chi connectivity index (χ0n) is 19.1. The second kappa shape index (κ2) is 10.3. The highest BCUT2D eigenvalue weighted by Gasteiger charge is 2.20. The monoisotopic (exact) mass is 450 g/mol. The molecule has 172 valence electrons. The largest absolute Gasteiger partial charge is 0.497 e. The Morgan fingerprint density at radius 2 is 1.64 bits per heavy atom. The van der Waals surface area contributed by atoms with E-state index in [-0.39, 0.29) is 5.82 Å². The van der Waals surface area contributed by atoms with Gasteiger partial charge in [0.25, 0.3) is 0 Å². The van der Waals surface area contributed by atoms with Crippen LogP contribution in [0.15, 0.2) is 60.7 Å². The van der Waals surface area contributed by atoms with Gasteiger partial charge in [0.2, 0.25) is 0 Å². The number of hydrogen-bond donors (Lipinski definition) is 0. The highest BCUT2D eigenvalue weighted by atomic mass is 19.2. The molecule has 0 saturated heterocycles. The Labute approximate surface area is 193 Å². The van der Waals surface area contributed by atoms with Crippen LogP contribution in [0.4, 0.5) is 13.2 Å². The smallest absolute Gasteiger partial charge is 0.166 e. The van der Waals surface area contributed by atoms with E-state index in [9.17, 15) is 13.2 Å². The molecule has 3 aromatic carbocycles. The summed E-state index contributed by atoms with van der Waals surface area (Å²) in [6.45, 7) is 2.17. The molecule has 0 radical (unpaired) electrons. The topological polar surface area (TPSA) is 9.23 Å². The van der Waals surface area contributed by atoms with E-state index in [1.165, 1.54) is 13.2 Å². The van der Waals surface area contributed by atoms with E-state index < -0.39 is 11.6 Å². The molecule has 1 atom stereocenters. The van der Waals surface area contributed by atoms with Crippen LogP contribution in [0, 0.1) is 23.4 Å². The maximum atomic E-state index is 14.8. The summed E-state index contributed by atoms with van der Waals surface area (Å²) in [4.78, 5) is 0. The molecule has 0 aliphatic heterocycles. The first-order valence-corrected chi connectivity index (χ1v) is 11.6. The van der Waals surface area contributed by atoms with E-state index >= 15 is 0 Å². The fourth-order valence-electron chi connectivity index (χ4n) is 4.52. The fraction of sp³-hybridized carbons (Fsp3) is 0.310. The number of allylic oxidation sites excluding steroid dienone is 2. The van der Waals surface area contributed by atoms with Gasteiger partial charge in [0.15, 0.2) is 11.6 Å². The molecule has 0 saturated carbocycles. The first-order valence-electron chi connectivity index (χ1n) is 11.6. The van der Waals surface area contributed by atoms with E-state index in [2.05, 4.69) is 13.0 Å². The van der Waals surface area contributed by atoms with Gasteiger partial charge in [-0.15, -0.1) is 0 Å². The van der Waals surface area contributed by atoms with Gasteiger partial charge in [-0.05, 0) is 72.4 Å². The Bertz CT molecular complexity index is 1150. The first-order chi connectivity index (χ1) is 16.0. The van der Waals surface area contributed by atoms with Crippen molar-refractivity contribution < 1.29 is 17.9 Å². The van der Waals surface area contributed by atoms with E-state index in [0.717, 1.165) is 42.4 Å². The van der Waals surface area contributed by atoms with Crippen molar-refractivity contribution in [3.63, 3.8) is 0 Å². The van der Waals surface area contributed by atoms with E-state index in [1.54, 1.807) is 24.3 Å². The third-order valence-electron chi connectivity index (χ3n) is 6.73. The number of rotatable bonds is 7. The van der Waals surface area contributed by atoms with E-state index in [4.69, 9.17) is 4.74 Å². The van der Waals surface area contributed by atoms with Crippen molar-refractivity contribution in [3.8, 4) is 16.9 Å². The molecular formula is C29H29F3O. The molecule has 33 heavy (non-hydrogen) atoms. The normalized spacial score (nSPS) is 15.9. The SMILES string of the molecule is CCC1CC=C(c2ccc(CCc3ccc(-c4ccc(OC)cc4F)cc3)c(F)c2F)CC1. The summed E-state index contributed by atoms with van der Waals surface area (Å²) in [6.07, 6.45) is 6.93. The van der Waals surface area contributed by atoms with Crippen LogP contribution in [0.25, 0.3) is 16.7 Å². The zero-order chi connectivity index (χ0) is 23.4. The molecular weight excluding hydrogens is 421 g/mol. The highest BCUT2D eigenvalue weighted by molar-refractivity contribution is 5.67. The van der Waals surface area contributed by atoms with Crippen LogP contribution in [0.5, 0.6) is 5.75 Å². The number of hydrogen-bond acceptors (Lipinski definition) is 1. The second-order valence-corrected chi connectivity index (χ2v) is 8.72. The van der Waals surface area contributed by atoms with Gasteiger partial charge in [0, 0.05) is 17.2 Å². The average Bonchev–Trinajstić information content (AvgIpc) is 2.85. The van der Waals surface area contributed by atoms with Crippen LogP contribution >= 0.6 is 0 Å². The summed E-state index contributed by atoms with van der Waals surface area (Å²) in [7, 11) is 1.50. The molecule has 0 fully saturated rings. The van der Waals surface area contributed by atoms with Gasteiger partial charge in [0.05, 0.1) is 7.11 Å². The Morgan fingerprint density at radius 3 is 2.27 bits per heavy atom. The summed E-state index contributed by atoms with van der Waals surface area (Å²) in [5.41, 5.74) is 3.93. The molecule has 4 rings (SSSR count). The molecule has 1 aliphatic rings. The third kappa shape index (κ3) is 5.16. The molecule has 0 amide bonds. The predicted octanol–water partition coefficient (Wildman–Crippen LogP) is 8.16. The Hall–Kier alpha value is -3.01. The molecule has 0 aromatic heterocycles. The van der Waals surface area contributed by atoms with Crippen molar-refractivity contribution in [2.45, 2.75) is 45.4 Å². The number of methoxy groups -OCH3 is 1. The van der Waals surface area contributed by atoms with E-state index in [0.29, 0.717) is 41.2 Å². The lowest BCUT2D eigenvalue weighted by atomic mass is 9.85. The Morgan fingerprint density at radius 1 is 0.879 bits per heavy atom. The van der Waals surface area contributed by atoms with Gasteiger partial charge < -0.3 is 4.74 Å². The van der Waals surface area contributed by atoms with Gasteiger partial charge in [-0.3, -0.25) is 0 Å². The quantitative estimate of drug-likeness (QED) is 0.353. The number of ether oxygens (including phenoxy) is 1. The van der Waals surface area contributed by atoms with Crippen molar-refractivity contribution in [1.82, 2.24) is 0 Å². The average molecular weight is 451 g/mol. The maximum Gasteiger partial charge on any atom is 0.166 e. The second-order valence-electron chi connectivity index (χ2n) is 8.72. The van der Waals surface area contributed by atoms with Crippen molar-refractivity contribution in [1.29, 1.82) is 0 Å². The Kier molecular flexibility index (Phi) is 7.22. The molecule has 1 unspecified atom stereocenters. The maximum absolute atomic E-state index is 14.8. The van der Waals surface area contributed by atoms with Crippen molar-refractivity contribution in [2.24, 2.45) is 5.92 Å². The summed E-state index contributed by atoms with van der Waals surface area (Å²) >= 11 is 0. The van der Waals surface area contributed by atoms with Crippen LogP contribution in [-0.2, 0) is 12.8 Å². The molecule has 0 heterocycles. The molecule has 0 N–H and O–H groups in total. The Balaban J connectivity index is 1.44. The summed E-state index contributed by atoms with van der Waals surface area (Å²) < 4.78 is 49.0. The van der Waals surface area contributed by atoms with Crippen LogP contribution in [0.1, 0.15) is 49.3 Å². The lowest BCUT2D eigenvalue weighted by Crippen LogP contribution is -2.07. The molecule has 1 nitrogen and oxygen atoms in total. The highest BCUT2D eigenvalue weighted by Crippen LogP contribution is 2.34. The van der Waals surface area contributed by atoms with Crippen molar-refractivity contribution in [2.75, 3.05) is 7.11 Å².